The topological polar surface area (TPSA) is 79.5 Å². The lowest BCUT2D eigenvalue weighted by Gasteiger charge is -2.12. The van der Waals surface area contributed by atoms with Gasteiger partial charge in [0.2, 0.25) is 11.8 Å². The Balaban J connectivity index is 1.89. The Kier molecular flexibility index (Phi) is 7.23. The Morgan fingerprint density at radius 2 is 1.52 bits per heavy atom. The molecule has 0 unspecified atom stereocenters. The molecular formula is C21H27N3O3. The van der Waals surface area contributed by atoms with Crippen molar-refractivity contribution in [1.82, 2.24) is 0 Å². The van der Waals surface area contributed by atoms with Crippen LogP contribution in [0.4, 0.5) is 17.1 Å². The summed E-state index contributed by atoms with van der Waals surface area (Å²) >= 11 is 0. The van der Waals surface area contributed by atoms with E-state index < -0.39 is 0 Å². The number of hydrogen-bond acceptors (Lipinski definition) is 4. The third-order valence-corrected chi connectivity index (χ3v) is 3.60. The Hall–Kier alpha value is -3.02. The van der Waals surface area contributed by atoms with Gasteiger partial charge in [-0.2, -0.15) is 0 Å². The molecule has 0 spiro atoms. The van der Waals surface area contributed by atoms with Crippen molar-refractivity contribution in [3.63, 3.8) is 0 Å². The van der Waals surface area contributed by atoms with Crippen LogP contribution in [0, 0.1) is 5.92 Å². The predicted molar refractivity (Wildman–Crippen MR) is 109 cm³/mol. The summed E-state index contributed by atoms with van der Waals surface area (Å²) in [6, 6.07) is 14.6. The van der Waals surface area contributed by atoms with Crippen LogP contribution in [-0.2, 0) is 9.59 Å². The normalized spacial score (nSPS) is 10.6. The number of benzene rings is 2. The molecule has 0 saturated carbocycles. The molecule has 27 heavy (non-hydrogen) atoms. The average Bonchev–Trinajstić information content (AvgIpc) is 2.60. The molecule has 0 heterocycles. The van der Waals surface area contributed by atoms with E-state index >= 15 is 0 Å². The highest BCUT2D eigenvalue weighted by Crippen LogP contribution is 2.19. The van der Waals surface area contributed by atoms with E-state index in [0.717, 1.165) is 5.69 Å². The van der Waals surface area contributed by atoms with E-state index in [9.17, 15) is 9.59 Å². The molecule has 0 aromatic heterocycles. The maximum Gasteiger partial charge on any atom is 0.243 e. The lowest BCUT2D eigenvalue weighted by atomic mass is 10.2. The maximum atomic E-state index is 12.2. The largest absolute Gasteiger partial charge is 0.491 e. The SMILES string of the molecule is CC(C)Oc1cccc(NC(=O)CNc2cccc(NC(=O)C(C)C)c2)c1. The first-order valence-electron chi connectivity index (χ1n) is 9.05. The molecule has 6 heteroatoms. The Bertz CT molecular complexity index is 788. The zero-order valence-corrected chi connectivity index (χ0v) is 16.2. The lowest BCUT2D eigenvalue weighted by molar-refractivity contribution is -0.119. The molecule has 2 aromatic carbocycles. The molecule has 0 aliphatic rings. The van der Waals surface area contributed by atoms with Crippen LogP contribution in [0.1, 0.15) is 27.7 Å². The van der Waals surface area contributed by atoms with Crippen molar-refractivity contribution in [3.8, 4) is 5.75 Å². The van der Waals surface area contributed by atoms with Gasteiger partial charge in [0.15, 0.2) is 0 Å². The molecule has 2 amide bonds. The third-order valence-electron chi connectivity index (χ3n) is 3.60. The van der Waals surface area contributed by atoms with Crippen LogP contribution >= 0.6 is 0 Å². The van der Waals surface area contributed by atoms with Crippen LogP contribution < -0.4 is 20.7 Å². The smallest absolute Gasteiger partial charge is 0.243 e. The molecule has 0 radical (unpaired) electrons. The zero-order chi connectivity index (χ0) is 19.8. The predicted octanol–water partition coefficient (Wildman–Crippen LogP) is 4.12. The van der Waals surface area contributed by atoms with Gasteiger partial charge in [-0.25, -0.2) is 0 Å². The second-order valence-corrected chi connectivity index (χ2v) is 6.82. The quantitative estimate of drug-likeness (QED) is 0.654. The summed E-state index contributed by atoms with van der Waals surface area (Å²) in [4.78, 5) is 24.0. The summed E-state index contributed by atoms with van der Waals surface area (Å²) in [7, 11) is 0. The first-order chi connectivity index (χ1) is 12.8. The van der Waals surface area contributed by atoms with Crippen molar-refractivity contribution >= 4 is 28.9 Å². The summed E-state index contributed by atoms with van der Waals surface area (Å²) in [5.74, 6) is 0.397. The molecule has 3 N–H and O–H groups in total. The van der Waals surface area contributed by atoms with E-state index in [1.54, 1.807) is 12.1 Å². The van der Waals surface area contributed by atoms with Crippen LogP contribution in [0.5, 0.6) is 5.75 Å². The lowest BCUT2D eigenvalue weighted by Crippen LogP contribution is -2.22. The van der Waals surface area contributed by atoms with Gasteiger partial charge in [-0.1, -0.05) is 26.0 Å². The molecule has 6 nitrogen and oxygen atoms in total. The standard InChI is InChI=1S/C21H27N3O3/c1-14(2)21(26)24-17-8-5-7-16(11-17)22-13-20(25)23-18-9-6-10-19(12-18)27-15(3)4/h5-12,14-15,22H,13H2,1-4H3,(H,23,25)(H,24,26). The minimum Gasteiger partial charge on any atom is -0.491 e. The van der Waals surface area contributed by atoms with Crippen LogP contribution in [0.3, 0.4) is 0 Å². The summed E-state index contributed by atoms with van der Waals surface area (Å²) in [5, 5.41) is 8.73. The van der Waals surface area contributed by atoms with Gasteiger partial charge >= 0.3 is 0 Å². The summed E-state index contributed by atoms with van der Waals surface area (Å²) in [6.07, 6.45) is 0.0704. The second kappa shape index (κ2) is 9.62. The van der Waals surface area contributed by atoms with E-state index in [0.29, 0.717) is 17.1 Å². The van der Waals surface area contributed by atoms with Crippen LogP contribution in [-0.4, -0.2) is 24.5 Å². The number of amides is 2. The summed E-state index contributed by atoms with van der Waals surface area (Å²) < 4.78 is 5.63. The first-order valence-corrected chi connectivity index (χ1v) is 9.05. The third kappa shape index (κ3) is 7.01. The molecule has 0 aliphatic carbocycles. The number of hydrogen-bond donors (Lipinski definition) is 3. The number of rotatable bonds is 8. The molecule has 0 bridgehead atoms. The monoisotopic (exact) mass is 369 g/mol. The van der Waals surface area contributed by atoms with Gasteiger partial charge in [-0.15, -0.1) is 0 Å². The number of nitrogens with one attached hydrogen (secondary N) is 3. The maximum absolute atomic E-state index is 12.2. The average molecular weight is 369 g/mol. The fraction of sp³-hybridized carbons (Fsp3) is 0.333. The second-order valence-electron chi connectivity index (χ2n) is 6.82. The van der Waals surface area contributed by atoms with E-state index in [1.165, 1.54) is 0 Å². The minimum absolute atomic E-state index is 0.0478. The van der Waals surface area contributed by atoms with E-state index in [1.807, 2.05) is 64.1 Å². The molecule has 0 atom stereocenters. The van der Waals surface area contributed by atoms with Gasteiger partial charge in [-0.05, 0) is 44.2 Å². The molecule has 0 aliphatic heterocycles. The Labute approximate surface area is 160 Å². The minimum atomic E-state index is -0.173. The van der Waals surface area contributed by atoms with Gasteiger partial charge < -0.3 is 20.7 Å². The van der Waals surface area contributed by atoms with Gasteiger partial charge in [0.25, 0.3) is 0 Å². The van der Waals surface area contributed by atoms with Gasteiger partial charge in [0.1, 0.15) is 5.75 Å². The summed E-state index contributed by atoms with van der Waals surface area (Å²) in [6.45, 7) is 7.68. The molecule has 2 rings (SSSR count). The van der Waals surface area contributed by atoms with Crippen molar-refractivity contribution in [1.29, 1.82) is 0 Å². The van der Waals surface area contributed by atoms with Crippen molar-refractivity contribution in [2.75, 3.05) is 22.5 Å². The molecule has 2 aromatic rings. The Morgan fingerprint density at radius 3 is 2.19 bits per heavy atom. The number of anilines is 3. The number of carbonyl (C=O) groups is 2. The molecular weight excluding hydrogens is 342 g/mol. The highest BCUT2D eigenvalue weighted by molar-refractivity contribution is 5.94. The zero-order valence-electron chi connectivity index (χ0n) is 16.2. The van der Waals surface area contributed by atoms with E-state index in [-0.39, 0.29) is 30.4 Å². The van der Waals surface area contributed by atoms with Crippen LogP contribution in [0.2, 0.25) is 0 Å². The van der Waals surface area contributed by atoms with E-state index in [4.69, 9.17) is 4.74 Å². The molecule has 0 fully saturated rings. The first kappa shape index (κ1) is 20.3. The fourth-order valence-corrected chi connectivity index (χ4v) is 2.30. The van der Waals surface area contributed by atoms with E-state index in [2.05, 4.69) is 16.0 Å². The highest BCUT2D eigenvalue weighted by atomic mass is 16.5. The Morgan fingerprint density at radius 1 is 0.889 bits per heavy atom. The van der Waals surface area contributed by atoms with Gasteiger partial charge in [0, 0.05) is 29.0 Å². The van der Waals surface area contributed by atoms with Crippen molar-refractivity contribution in [3.05, 3.63) is 48.5 Å². The number of carbonyl (C=O) groups excluding carboxylic acids is 2. The summed E-state index contributed by atoms with van der Waals surface area (Å²) in [5.41, 5.74) is 2.12. The highest BCUT2D eigenvalue weighted by Gasteiger charge is 2.08. The number of ether oxygens (including phenoxy) is 1. The van der Waals surface area contributed by atoms with Gasteiger partial charge in [0.05, 0.1) is 12.6 Å². The van der Waals surface area contributed by atoms with Gasteiger partial charge in [-0.3, -0.25) is 9.59 Å². The van der Waals surface area contributed by atoms with Crippen LogP contribution in [0.15, 0.2) is 48.5 Å². The molecule has 0 saturated heterocycles. The molecule has 144 valence electrons. The fourth-order valence-electron chi connectivity index (χ4n) is 2.30. The van der Waals surface area contributed by atoms with Crippen molar-refractivity contribution < 1.29 is 14.3 Å². The van der Waals surface area contributed by atoms with Crippen LogP contribution in [0.25, 0.3) is 0 Å². The van der Waals surface area contributed by atoms with Crippen molar-refractivity contribution in [2.45, 2.75) is 33.8 Å². The van der Waals surface area contributed by atoms with Crippen molar-refractivity contribution in [2.24, 2.45) is 5.92 Å².